The van der Waals surface area contributed by atoms with Gasteiger partial charge < -0.3 is 35.5 Å². The zero-order chi connectivity index (χ0) is 29.0. The van der Waals surface area contributed by atoms with Crippen LogP contribution in [-0.4, -0.2) is 70.6 Å². The molecule has 4 rings (SSSR count). The Balaban J connectivity index is 1.62. The monoisotopic (exact) mass is 588 g/mol. The van der Waals surface area contributed by atoms with E-state index < -0.39 is 56.4 Å². The van der Waals surface area contributed by atoms with E-state index in [4.69, 9.17) is 5.73 Å². The number of imide groups is 1. The van der Waals surface area contributed by atoms with Crippen molar-refractivity contribution in [2.24, 2.45) is 23.0 Å². The molecule has 5 atom stereocenters. The van der Waals surface area contributed by atoms with E-state index in [0.717, 1.165) is 18.4 Å². The van der Waals surface area contributed by atoms with Crippen molar-refractivity contribution in [1.82, 2.24) is 4.90 Å². The van der Waals surface area contributed by atoms with E-state index in [-0.39, 0.29) is 42.9 Å². The largest absolute Gasteiger partial charge is 0.508 e. The third-order valence-corrected chi connectivity index (χ3v) is 13.4. The van der Waals surface area contributed by atoms with Gasteiger partial charge in [0.15, 0.2) is 5.40 Å². The zero-order valence-electron chi connectivity index (χ0n) is 21.8. The number of nitrogens with zero attached hydrogens (tertiary/aromatic N) is 1. The minimum absolute atomic E-state index is 0.0310. The summed E-state index contributed by atoms with van der Waals surface area (Å²) < 4.78 is 23.6. The van der Waals surface area contributed by atoms with Crippen LogP contribution in [0.25, 0.3) is 0 Å². The molecule has 3 aliphatic carbocycles. The highest BCUT2D eigenvalue weighted by molar-refractivity contribution is 7.70. The molecule has 0 heterocycles. The summed E-state index contributed by atoms with van der Waals surface area (Å²) >= 11 is 0. The quantitative estimate of drug-likeness (QED) is 0.217. The van der Waals surface area contributed by atoms with Crippen LogP contribution >= 0.6 is 15.2 Å². The van der Waals surface area contributed by atoms with Crippen molar-refractivity contribution in [3.63, 3.8) is 0 Å². The van der Waals surface area contributed by atoms with Crippen molar-refractivity contribution in [1.29, 1.82) is 0 Å². The fourth-order valence-electron chi connectivity index (χ4n) is 7.53. The Bertz CT molecular complexity index is 1210. The lowest BCUT2D eigenvalue weighted by atomic mass is 9.53. The Kier molecular flexibility index (Phi) is 8.29. The number of aryl methyl sites for hydroxylation is 1. The number of benzene rings is 1. The SMILES string of the molecule is C[C@]12CCC3c4ccc(O)cc4CCC3C1CC[C@]2(O)C(=O)N(CCC(P(=O)(O)O)P(=O)(O)O)C(=O)CCN. The summed E-state index contributed by atoms with van der Waals surface area (Å²) in [5, 5.41) is 19.5. The second-order valence-corrected chi connectivity index (χ2v) is 15.5. The summed E-state index contributed by atoms with van der Waals surface area (Å²) in [5.74, 6) is -1.11. The molecular weight excluding hydrogens is 550 g/mol. The maximum absolute atomic E-state index is 13.9. The van der Waals surface area contributed by atoms with Crippen LogP contribution in [-0.2, 0) is 25.1 Å². The second-order valence-electron chi connectivity index (χ2n) is 11.5. The molecule has 2 fully saturated rings. The molecule has 14 heteroatoms. The first-order chi connectivity index (χ1) is 18.0. The van der Waals surface area contributed by atoms with Gasteiger partial charge in [-0.15, -0.1) is 0 Å². The minimum atomic E-state index is -5.27. The van der Waals surface area contributed by atoms with Crippen molar-refractivity contribution >= 4 is 27.0 Å². The smallest absolute Gasteiger partial charge is 0.340 e. The minimum Gasteiger partial charge on any atom is -0.508 e. The number of phenolic OH excluding ortho intramolecular Hbond substituents is 1. The molecule has 0 saturated heterocycles. The van der Waals surface area contributed by atoms with Crippen molar-refractivity contribution < 1.29 is 48.5 Å². The van der Waals surface area contributed by atoms with Crippen molar-refractivity contribution in [2.75, 3.05) is 13.1 Å². The second kappa shape index (κ2) is 10.7. The highest BCUT2D eigenvalue weighted by Crippen LogP contribution is 2.65. The fraction of sp³-hybridized carbons (Fsp3) is 0.680. The van der Waals surface area contributed by atoms with Crippen LogP contribution in [0.5, 0.6) is 5.75 Å². The number of carbonyl (C=O) groups excluding carboxylic acids is 2. The van der Waals surface area contributed by atoms with Crippen molar-refractivity contribution in [2.45, 2.75) is 75.2 Å². The summed E-state index contributed by atoms with van der Waals surface area (Å²) in [6, 6.07) is 5.41. The van der Waals surface area contributed by atoms with E-state index in [1.165, 1.54) is 5.56 Å². The van der Waals surface area contributed by atoms with Gasteiger partial charge in [0, 0.05) is 24.9 Å². The molecule has 0 aliphatic heterocycles. The molecule has 0 aromatic heterocycles. The number of hydrogen-bond donors (Lipinski definition) is 7. The van der Waals surface area contributed by atoms with E-state index in [1.54, 1.807) is 12.1 Å². The summed E-state index contributed by atoms with van der Waals surface area (Å²) in [7, 11) is -10.5. The molecule has 0 spiro atoms. The molecule has 0 radical (unpaired) electrons. The summed E-state index contributed by atoms with van der Waals surface area (Å²) in [6.07, 6.45) is 2.29. The Morgan fingerprint density at radius 1 is 1.10 bits per heavy atom. The standard InChI is InChI=1S/C25H38N2O10P2/c1-24-10-6-18-17-5-3-16(28)14-15(17)2-4-19(18)20(24)7-11-25(24,31)23(30)27(21(29)8-12-26)13-9-22(38(32,33)34)39(35,36)37/h3,5,14,18-20,22,28,31H,2,4,6-13,26H2,1H3,(H2,32,33,34)(H2,35,36,37)/t18?,19?,20?,24-,25-/m0/s1. The highest BCUT2D eigenvalue weighted by Gasteiger charge is 2.65. The highest BCUT2D eigenvalue weighted by atomic mass is 31.2. The van der Waals surface area contributed by atoms with Crippen LogP contribution < -0.4 is 5.73 Å². The average Bonchev–Trinajstić information content (AvgIpc) is 3.11. The van der Waals surface area contributed by atoms with Gasteiger partial charge in [-0.25, -0.2) is 0 Å². The van der Waals surface area contributed by atoms with Gasteiger partial charge in [-0.1, -0.05) is 13.0 Å². The number of fused-ring (bicyclic) bond motifs is 5. The maximum atomic E-state index is 13.9. The third-order valence-electron chi connectivity index (χ3n) is 9.51. The van der Waals surface area contributed by atoms with Gasteiger partial charge in [-0.3, -0.25) is 23.6 Å². The number of amides is 2. The van der Waals surface area contributed by atoms with Gasteiger partial charge in [0.2, 0.25) is 5.91 Å². The lowest BCUT2D eigenvalue weighted by molar-refractivity contribution is -0.174. The molecule has 1 aromatic carbocycles. The van der Waals surface area contributed by atoms with Crippen LogP contribution in [0.3, 0.4) is 0 Å². The van der Waals surface area contributed by atoms with Crippen LogP contribution in [0.4, 0.5) is 0 Å². The maximum Gasteiger partial charge on any atom is 0.340 e. The van der Waals surface area contributed by atoms with Crippen molar-refractivity contribution in [3.8, 4) is 5.75 Å². The van der Waals surface area contributed by atoms with Crippen LogP contribution in [0, 0.1) is 17.3 Å². The molecule has 2 saturated carbocycles. The molecule has 3 aliphatic rings. The van der Waals surface area contributed by atoms with Gasteiger partial charge in [-0.05, 0) is 86.0 Å². The number of carbonyl (C=O) groups is 2. The van der Waals surface area contributed by atoms with Gasteiger partial charge in [0.25, 0.3) is 5.91 Å². The lowest BCUT2D eigenvalue weighted by Gasteiger charge is -2.53. The molecule has 12 nitrogen and oxygen atoms in total. The van der Waals surface area contributed by atoms with E-state index in [0.29, 0.717) is 24.2 Å². The molecule has 1 aromatic rings. The molecule has 218 valence electrons. The molecule has 2 amide bonds. The van der Waals surface area contributed by atoms with Gasteiger partial charge >= 0.3 is 15.2 Å². The predicted octanol–water partition coefficient (Wildman–Crippen LogP) is 1.75. The van der Waals surface area contributed by atoms with E-state index in [9.17, 15) is 48.5 Å². The van der Waals surface area contributed by atoms with Gasteiger partial charge in [-0.2, -0.15) is 0 Å². The fourth-order valence-corrected chi connectivity index (χ4v) is 10.0. The number of phenols is 1. The first-order valence-electron chi connectivity index (χ1n) is 13.2. The lowest BCUT2D eigenvalue weighted by Crippen LogP contribution is -2.60. The van der Waals surface area contributed by atoms with Crippen LogP contribution in [0.1, 0.15) is 68.9 Å². The zero-order valence-corrected chi connectivity index (χ0v) is 23.6. The average molecular weight is 589 g/mol. The first kappa shape index (κ1) is 30.3. The third kappa shape index (κ3) is 5.38. The first-order valence-corrected chi connectivity index (χ1v) is 16.6. The topological polar surface area (TPSA) is 219 Å². The van der Waals surface area contributed by atoms with Crippen LogP contribution in [0.2, 0.25) is 0 Å². The number of rotatable bonds is 8. The Morgan fingerprint density at radius 3 is 2.38 bits per heavy atom. The van der Waals surface area contributed by atoms with Gasteiger partial charge in [0.1, 0.15) is 11.4 Å². The number of hydrogen-bond acceptors (Lipinski definition) is 7. The summed E-state index contributed by atoms with van der Waals surface area (Å²) in [6.45, 7) is 1.05. The predicted molar refractivity (Wildman–Crippen MR) is 141 cm³/mol. The summed E-state index contributed by atoms with van der Waals surface area (Å²) in [5.41, 5.74) is 4.97. The number of aromatic hydroxyl groups is 1. The molecule has 0 bridgehead atoms. The molecular formula is C25H38N2O10P2. The van der Waals surface area contributed by atoms with E-state index in [1.807, 2.05) is 13.0 Å². The molecule has 3 unspecified atom stereocenters. The Morgan fingerprint density at radius 2 is 1.77 bits per heavy atom. The normalized spacial score (nSPS) is 30.4. The van der Waals surface area contributed by atoms with Gasteiger partial charge in [0.05, 0.1) is 0 Å². The molecule has 39 heavy (non-hydrogen) atoms. The number of nitrogens with two attached hydrogens (primary N) is 1. The summed E-state index contributed by atoms with van der Waals surface area (Å²) in [4.78, 5) is 65.6. The van der Waals surface area contributed by atoms with Crippen molar-refractivity contribution in [3.05, 3.63) is 29.3 Å². The molecule has 8 N–H and O–H groups in total. The Labute approximate surface area is 226 Å². The number of aliphatic hydroxyl groups is 1. The van der Waals surface area contributed by atoms with E-state index >= 15 is 0 Å². The van der Waals surface area contributed by atoms with Crippen LogP contribution in [0.15, 0.2) is 18.2 Å². The Hall–Kier alpha value is -1.62. The van der Waals surface area contributed by atoms with E-state index in [2.05, 4.69) is 0 Å².